The molecule has 1 unspecified atom stereocenters. The van der Waals surface area contributed by atoms with Crippen molar-refractivity contribution in [2.45, 2.75) is 26.8 Å². The van der Waals surface area contributed by atoms with E-state index in [1.165, 1.54) is 10.1 Å². The molecule has 5 heteroatoms. The minimum absolute atomic E-state index is 0. The third-order valence-electron chi connectivity index (χ3n) is 3.92. The number of hydrogen-bond acceptors (Lipinski definition) is 3. The zero-order valence-corrected chi connectivity index (χ0v) is 14.3. The highest BCUT2D eigenvalue weighted by atomic mass is 35.5. The van der Waals surface area contributed by atoms with Crippen LogP contribution in [0.2, 0.25) is 0 Å². The predicted octanol–water partition coefficient (Wildman–Crippen LogP) is 4.74. The topological polar surface area (TPSA) is 34.9 Å². The number of rotatable bonds is 5. The van der Waals surface area contributed by atoms with Gasteiger partial charge in [-0.05, 0) is 30.4 Å². The van der Waals surface area contributed by atoms with Gasteiger partial charge >= 0.3 is 0 Å². The molecule has 3 aromatic rings. The fraction of sp³-hybridized carbons (Fsp3) is 0.294. The second kappa shape index (κ2) is 7.07. The largest absolute Gasteiger partial charge is 0.337 e. The van der Waals surface area contributed by atoms with E-state index in [1.54, 1.807) is 23.9 Å². The van der Waals surface area contributed by atoms with Gasteiger partial charge in [0.05, 0.1) is 11.2 Å². The van der Waals surface area contributed by atoms with Crippen LogP contribution in [0.5, 0.6) is 0 Å². The summed E-state index contributed by atoms with van der Waals surface area (Å²) in [7, 11) is 0. The first-order valence-electron chi connectivity index (χ1n) is 7.18. The third-order valence-corrected chi connectivity index (χ3v) is 5.21. The Kier molecular flexibility index (Phi) is 5.37. The fourth-order valence-electron chi connectivity index (χ4n) is 2.64. The Bertz CT molecular complexity index is 764. The van der Waals surface area contributed by atoms with Gasteiger partial charge in [0.2, 0.25) is 0 Å². The number of carbonyl (C=O) groups excluding carboxylic acids is 1. The van der Waals surface area contributed by atoms with E-state index in [2.05, 4.69) is 31.0 Å². The van der Waals surface area contributed by atoms with E-state index in [0.717, 1.165) is 16.9 Å². The van der Waals surface area contributed by atoms with Crippen LogP contribution in [-0.2, 0) is 6.54 Å². The first-order valence-corrected chi connectivity index (χ1v) is 8.00. The molecule has 2 heterocycles. The first-order chi connectivity index (χ1) is 10.2. The summed E-state index contributed by atoms with van der Waals surface area (Å²) < 4.78 is 3.17. The molecule has 0 amide bonds. The average molecular weight is 335 g/mol. The molecule has 0 aliphatic carbocycles. The smallest absolute Gasteiger partial charge is 0.177 e. The van der Waals surface area contributed by atoms with E-state index in [1.807, 2.05) is 22.9 Å². The van der Waals surface area contributed by atoms with Gasteiger partial charge in [-0.3, -0.25) is 4.79 Å². The number of halogens is 1. The first kappa shape index (κ1) is 16.7. The molecule has 0 N–H and O–H groups in total. The number of thiophene rings is 1. The Morgan fingerprint density at radius 2 is 2.14 bits per heavy atom. The van der Waals surface area contributed by atoms with Gasteiger partial charge in [0.25, 0.3) is 0 Å². The van der Waals surface area contributed by atoms with Crippen molar-refractivity contribution in [3.63, 3.8) is 0 Å². The van der Waals surface area contributed by atoms with Crippen molar-refractivity contribution in [3.05, 3.63) is 53.4 Å². The van der Waals surface area contributed by atoms with Crippen molar-refractivity contribution in [1.29, 1.82) is 0 Å². The van der Waals surface area contributed by atoms with Gasteiger partial charge in [-0.25, -0.2) is 4.98 Å². The number of fused-ring (bicyclic) bond motifs is 1. The second-order valence-electron chi connectivity index (χ2n) is 5.28. The highest BCUT2D eigenvalue weighted by Gasteiger charge is 2.23. The van der Waals surface area contributed by atoms with Crippen LogP contribution in [0.25, 0.3) is 10.1 Å². The third kappa shape index (κ3) is 3.08. The molecule has 0 saturated carbocycles. The number of aromatic nitrogens is 2. The van der Waals surface area contributed by atoms with E-state index in [4.69, 9.17) is 0 Å². The molecule has 3 rings (SSSR count). The standard InChI is InChI=1S/C17H18N2OS.ClH/c1-3-13(10-19-9-8-18-11-19)16(20)17-12(2)14-6-4-5-7-15(14)21-17;/h4-9,11,13H,3,10H2,1-2H3;1H. The van der Waals surface area contributed by atoms with Crippen molar-refractivity contribution < 1.29 is 4.79 Å². The van der Waals surface area contributed by atoms with Gasteiger partial charge in [-0.15, -0.1) is 23.7 Å². The molecule has 3 nitrogen and oxygen atoms in total. The second-order valence-corrected chi connectivity index (χ2v) is 6.33. The maximum absolute atomic E-state index is 12.9. The van der Waals surface area contributed by atoms with Crippen molar-refractivity contribution in [2.75, 3.05) is 0 Å². The maximum atomic E-state index is 12.9. The minimum atomic E-state index is 0. The van der Waals surface area contributed by atoms with E-state index in [-0.39, 0.29) is 24.1 Å². The molecule has 0 radical (unpaired) electrons. The molecule has 0 saturated heterocycles. The predicted molar refractivity (Wildman–Crippen MR) is 94.1 cm³/mol. The Balaban J connectivity index is 0.00000176. The van der Waals surface area contributed by atoms with Crippen LogP contribution in [-0.4, -0.2) is 15.3 Å². The summed E-state index contributed by atoms with van der Waals surface area (Å²) in [6.07, 6.45) is 6.27. The molecule has 2 aromatic heterocycles. The van der Waals surface area contributed by atoms with Crippen LogP contribution >= 0.6 is 23.7 Å². The van der Waals surface area contributed by atoms with E-state index in [9.17, 15) is 4.79 Å². The molecule has 1 aromatic carbocycles. The van der Waals surface area contributed by atoms with Crippen LogP contribution in [0.3, 0.4) is 0 Å². The number of ketones is 1. The lowest BCUT2D eigenvalue weighted by atomic mass is 9.97. The summed E-state index contributed by atoms with van der Waals surface area (Å²) in [6, 6.07) is 8.23. The SMILES string of the molecule is CCC(Cn1ccnc1)C(=O)c1sc2ccccc2c1C.Cl. The number of hydrogen-bond donors (Lipinski definition) is 0. The molecule has 1 atom stereocenters. The van der Waals surface area contributed by atoms with Gasteiger partial charge < -0.3 is 4.57 Å². The Morgan fingerprint density at radius 1 is 1.36 bits per heavy atom. The van der Waals surface area contributed by atoms with Gasteiger partial charge in [0.1, 0.15) is 0 Å². The Labute approximate surface area is 140 Å². The number of aryl methyl sites for hydroxylation is 1. The maximum Gasteiger partial charge on any atom is 0.177 e. The van der Waals surface area contributed by atoms with Crippen LogP contribution < -0.4 is 0 Å². The fourth-order valence-corrected chi connectivity index (χ4v) is 3.87. The van der Waals surface area contributed by atoms with Crippen molar-refractivity contribution in [2.24, 2.45) is 5.92 Å². The van der Waals surface area contributed by atoms with Crippen LogP contribution in [0, 0.1) is 12.8 Å². The normalized spacial score (nSPS) is 12.1. The van der Waals surface area contributed by atoms with Crippen molar-refractivity contribution in [3.8, 4) is 0 Å². The van der Waals surface area contributed by atoms with Crippen LogP contribution in [0.1, 0.15) is 28.6 Å². The number of carbonyl (C=O) groups is 1. The minimum Gasteiger partial charge on any atom is -0.337 e. The van der Waals surface area contributed by atoms with E-state index in [0.29, 0.717) is 6.54 Å². The quantitative estimate of drug-likeness (QED) is 0.632. The van der Waals surface area contributed by atoms with Crippen molar-refractivity contribution in [1.82, 2.24) is 9.55 Å². The summed E-state index contributed by atoms with van der Waals surface area (Å²) in [4.78, 5) is 17.8. The zero-order chi connectivity index (χ0) is 14.8. The molecule has 22 heavy (non-hydrogen) atoms. The zero-order valence-electron chi connectivity index (χ0n) is 12.7. The molecular weight excluding hydrogens is 316 g/mol. The van der Waals surface area contributed by atoms with Gasteiger partial charge in [-0.2, -0.15) is 0 Å². The molecule has 0 aliphatic heterocycles. The monoisotopic (exact) mass is 334 g/mol. The molecule has 116 valence electrons. The summed E-state index contributed by atoms with van der Waals surface area (Å²) in [5.74, 6) is 0.260. The number of Topliss-reactive ketones (excluding diaryl/α,β-unsaturated/α-hetero) is 1. The molecule has 0 spiro atoms. The van der Waals surface area contributed by atoms with Crippen LogP contribution in [0.4, 0.5) is 0 Å². The molecular formula is C17H19ClN2OS. The van der Waals surface area contributed by atoms with E-state index >= 15 is 0 Å². The Morgan fingerprint density at radius 3 is 2.77 bits per heavy atom. The molecule has 0 aliphatic rings. The average Bonchev–Trinajstić information content (AvgIpc) is 3.13. The molecule has 0 fully saturated rings. The van der Waals surface area contributed by atoms with Gasteiger partial charge in [0.15, 0.2) is 5.78 Å². The lowest BCUT2D eigenvalue weighted by Gasteiger charge is -2.13. The van der Waals surface area contributed by atoms with Crippen LogP contribution in [0.15, 0.2) is 43.0 Å². The number of nitrogens with zero attached hydrogens (tertiary/aromatic N) is 2. The lowest BCUT2D eigenvalue weighted by molar-refractivity contribution is 0.0907. The Hall–Kier alpha value is -1.65. The summed E-state index contributed by atoms with van der Waals surface area (Å²) >= 11 is 1.61. The summed E-state index contributed by atoms with van der Waals surface area (Å²) in [6.45, 7) is 4.82. The van der Waals surface area contributed by atoms with Crippen molar-refractivity contribution >= 4 is 39.6 Å². The highest BCUT2D eigenvalue weighted by Crippen LogP contribution is 2.32. The number of imidazole rings is 1. The summed E-state index contributed by atoms with van der Waals surface area (Å²) in [5, 5.41) is 1.20. The number of benzene rings is 1. The van der Waals surface area contributed by atoms with E-state index < -0.39 is 0 Å². The lowest BCUT2D eigenvalue weighted by Crippen LogP contribution is -2.19. The highest BCUT2D eigenvalue weighted by molar-refractivity contribution is 7.21. The van der Waals surface area contributed by atoms with Gasteiger partial charge in [-0.1, -0.05) is 25.1 Å². The van der Waals surface area contributed by atoms with Gasteiger partial charge in [0, 0.05) is 29.6 Å². The molecule has 0 bridgehead atoms. The summed E-state index contributed by atoms with van der Waals surface area (Å²) in [5.41, 5.74) is 1.12.